The van der Waals surface area contributed by atoms with Gasteiger partial charge < -0.3 is 19.5 Å². The fraction of sp³-hybridized carbons (Fsp3) is 0.741. The zero-order chi connectivity index (χ0) is 25.5. The van der Waals surface area contributed by atoms with Crippen LogP contribution < -0.4 is 10.7 Å². The van der Waals surface area contributed by atoms with Gasteiger partial charge in [-0.25, -0.2) is 0 Å². The topological polar surface area (TPSA) is 83.9 Å². The van der Waals surface area contributed by atoms with E-state index >= 15 is 0 Å². The predicted octanol–water partition coefficient (Wildman–Crippen LogP) is 2.85. The first-order valence-corrected chi connectivity index (χ1v) is 13.3. The molecule has 3 rings (SSSR count). The molecule has 0 aliphatic carbocycles. The van der Waals surface area contributed by atoms with Gasteiger partial charge in [0.25, 0.3) is 11.8 Å². The lowest BCUT2D eigenvalue weighted by Crippen LogP contribution is -2.49. The highest BCUT2D eigenvalue weighted by Gasteiger charge is 2.31. The molecule has 2 amide bonds. The lowest BCUT2D eigenvalue weighted by molar-refractivity contribution is -0.000964. The quantitative estimate of drug-likeness (QED) is 0.578. The number of hydrogen-bond donors (Lipinski definition) is 1. The molecule has 35 heavy (non-hydrogen) atoms. The van der Waals surface area contributed by atoms with Crippen molar-refractivity contribution in [2.45, 2.75) is 66.5 Å². The Morgan fingerprint density at radius 2 is 1.60 bits per heavy atom. The summed E-state index contributed by atoms with van der Waals surface area (Å²) >= 11 is 0. The van der Waals surface area contributed by atoms with E-state index in [-0.39, 0.29) is 17.0 Å². The maximum absolute atomic E-state index is 13.5. The second-order valence-electron chi connectivity index (χ2n) is 11.0. The van der Waals surface area contributed by atoms with E-state index in [2.05, 4.69) is 44.8 Å². The number of ether oxygens (including phenoxy) is 1. The monoisotopic (exact) mass is 488 g/mol. The van der Waals surface area contributed by atoms with Crippen molar-refractivity contribution in [2.24, 2.45) is 17.8 Å². The number of amides is 2. The molecule has 0 bridgehead atoms. The number of morpholine rings is 1. The van der Waals surface area contributed by atoms with Crippen LogP contribution in [0.1, 0.15) is 74.6 Å². The Morgan fingerprint density at radius 1 is 0.971 bits per heavy atom. The van der Waals surface area contributed by atoms with Gasteiger partial charge in [0.15, 0.2) is 0 Å². The van der Waals surface area contributed by atoms with Crippen LogP contribution in [-0.4, -0.2) is 78.2 Å². The van der Waals surface area contributed by atoms with Crippen LogP contribution in [-0.2, 0) is 11.3 Å². The largest absolute Gasteiger partial charge is 0.379 e. The Hall–Kier alpha value is -2.19. The lowest BCUT2D eigenvalue weighted by Gasteiger charge is -2.41. The number of likely N-dealkylation sites (tertiary alicyclic amines) is 1. The minimum absolute atomic E-state index is 0.0519. The number of nitrogens with one attached hydrogen (secondary N) is 1. The summed E-state index contributed by atoms with van der Waals surface area (Å²) in [4.78, 5) is 43.9. The molecule has 2 aliphatic heterocycles. The molecule has 1 unspecified atom stereocenters. The van der Waals surface area contributed by atoms with Gasteiger partial charge in [0.2, 0.25) is 5.43 Å². The molecule has 8 heteroatoms. The third-order valence-electron chi connectivity index (χ3n) is 7.27. The molecule has 8 nitrogen and oxygen atoms in total. The fourth-order valence-electron chi connectivity index (χ4n) is 5.08. The maximum Gasteiger partial charge on any atom is 0.259 e. The van der Waals surface area contributed by atoms with Gasteiger partial charge >= 0.3 is 0 Å². The zero-order valence-corrected chi connectivity index (χ0v) is 22.2. The molecular formula is C27H44N4O4. The van der Waals surface area contributed by atoms with Crippen LogP contribution in [0, 0.1) is 17.8 Å². The van der Waals surface area contributed by atoms with Gasteiger partial charge in [0.05, 0.1) is 13.2 Å². The number of rotatable bonds is 9. The Balaban J connectivity index is 1.73. The van der Waals surface area contributed by atoms with Crippen LogP contribution in [0.25, 0.3) is 0 Å². The van der Waals surface area contributed by atoms with Crippen LogP contribution in [0.4, 0.5) is 0 Å². The van der Waals surface area contributed by atoms with E-state index in [1.165, 1.54) is 0 Å². The third kappa shape index (κ3) is 7.40. The average Bonchev–Trinajstić information content (AvgIpc) is 2.84. The Labute approximate surface area is 210 Å². The number of nitrogens with zero attached hydrogens (tertiary/aromatic N) is 3. The molecule has 1 N–H and O–H groups in total. The zero-order valence-electron chi connectivity index (χ0n) is 22.2. The van der Waals surface area contributed by atoms with Crippen molar-refractivity contribution in [2.75, 3.05) is 45.9 Å². The number of carbonyl (C=O) groups is 2. The first-order chi connectivity index (χ1) is 16.7. The molecule has 2 aliphatic rings. The van der Waals surface area contributed by atoms with Gasteiger partial charge in [0.1, 0.15) is 11.1 Å². The maximum atomic E-state index is 13.5. The first kappa shape index (κ1) is 27.4. The van der Waals surface area contributed by atoms with Crippen LogP contribution in [0.15, 0.2) is 17.2 Å². The summed E-state index contributed by atoms with van der Waals surface area (Å²) < 4.78 is 7.31. The summed E-state index contributed by atoms with van der Waals surface area (Å²) in [5.41, 5.74) is -0.321. The van der Waals surface area contributed by atoms with Crippen molar-refractivity contribution >= 4 is 11.8 Å². The molecule has 3 heterocycles. The van der Waals surface area contributed by atoms with Gasteiger partial charge in [0, 0.05) is 57.7 Å². The number of pyridine rings is 1. The van der Waals surface area contributed by atoms with Gasteiger partial charge in [-0.05, 0) is 43.9 Å². The van der Waals surface area contributed by atoms with Gasteiger partial charge in [-0.3, -0.25) is 19.3 Å². The predicted molar refractivity (Wildman–Crippen MR) is 138 cm³/mol. The number of hydrogen-bond acceptors (Lipinski definition) is 5. The highest BCUT2D eigenvalue weighted by Crippen LogP contribution is 2.25. The normalized spacial score (nSPS) is 18.8. The molecular weight excluding hydrogens is 444 g/mol. The highest BCUT2D eigenvalue weighted by atomic mass is 16.5. The van der Waals surface area contributed by atoms with E-state index in [9.17, 15) is 14.4 Å². The van der Waals surface area contributed by atoms with E-state index in [4.69, 9.17) is 4.74 Å². The standard InChI is InChI=1S/C27H44N4O4/c1-19(2)6-9-28-26(33)23-17-29(16-20(3)4)18-24(25(23)32)27(34)31-10-7-22(8-11-31)21(5)30-12-14-35-15-13-30/h17-22H,6-16H2,1-5H3,(H,28,33). The molecule has 2 saturated heterocycles. The Morgan fingerprint density at radius 3 is 2.20 bits per heavy atom. The number of carbonyl (C=O) groups excluding carboxylic acids is 2. The van der Waals surface area contributed by atoms with Crippen LogP contribution in [0.3, 0.4) is 0 Å². The SMILES string of the molecule is CC(C)CCNC(=O)c1cn(CC(C)C)cc(C(=O)N2CCC(C(C)N3CCOCC3)CC2)c1=O. The molecule has 2 fully saturated rings. The first-order valence-electron chi connectivity index (χ1n) is 13.3. The van der Waals surface area contributed by atoms with Crippen molar-refractivity contribution in [3.05, 3.63) is 33.7 Å². The van der Waals surface area contributed by atoms with Gasteiger partial charge in [-0.1, -0.05) is 27.7 Å². The van der Waals surface area contributed by atoms with E-state index < -0.39 is 11.3 Å². The van der Waals surface area contributed by atoms with Gasteiger partial charge in [-0.2, -0.15) is 0 Å². The average molecular weight is 489 g/mol. The molecule has 0 radical (unpaired) electrons. The molecule has 0 spiro atoms. The molecule has 1 aromatic rings. The number of piperidine rings is 1. The van der Waals surface area contributed by atoms with Crippen LogP contribution >= 0.6 is 0 Å². The molecule has 0 saturated carbocycles. The van der Waals surface area contributed by atoms with Crippen molar-refractivity contribution in [3.8, 4) is 0 Å². The Kier molecular flexibility index (Phi) is 9.92. The summed E-state index contributed by atoms with van der Waals surface area (Å²) in [6.45, 7) is 16.5. The third-order valence-corrected chi connectivity index (χ3v) is 7.27. The Bertz CT molecular complexity index is 912. The molecule has 1 aromatic heterocycles. The summed E-state index contributed by atoms with van der Waals surface area (Å²) in [5, 5.41) is 2.86. The summed E-state index contributed by atoms with van der Waals surface area (Å²) in [5.74, 6) is 0.625. The molecule has 1 atom stereocenters. The lowest BCUT2D eigenvalue weighted by atomic mass is 9.89. The summed E-state index contributed by atoms with van der Waals surface area (Å²) in [6.07, 6.45) is 5.90. The van der Waals surface area contributed by atoms with Crippen molar-refractivity contribution in [3.63, 3.8) is 0 Å². The van der Waals surface area contributed by atoms with E-state index in [1.54, 1.807) is 17.3 Å². The molecule has 0 aromatic carbocycles. The van der Waals surface area contributed by atoms with E-state index in [0.717, 1.165) is 45.6 Å². The van der Waals surface area contributed by atoms with Crippen LogP contribution in [0.5, 0.6) is 0 Å². The second kappa shape index (κ2) is 12.7. The summed E-state index contributed by atoms with van der Waals surface area (Å²) in [6, 6.07) is 0.456. The smallest absolute Gasteiger partial charge is 0.259 e. The highest BCUT2D eigenvalue weighted by molar-refractivity contribution is 5.99. The minimum Gasteiger partial charge on any atom is -0.379 e. The van der Waals surface area contributed by atoms with Crippen LogP contribution in [0.2, 0.25) is 0 Å². The van der Waals surface area contributed by atoms with E-state index in [0.29, 0.717) is 50.0 Å². The van der Waals surface area contributed by atoms with E-state index in [1.807, 2.05) is 4.57 Å². The molecule has 196 valence electrons. The second-order valence-corrected chi connectivity index (χ2v) is 11.0. The summed E-state index contributed by atoms with van der Waals surface area (Å²) in [7, 11) is 0. The van der Waals surface area contributed by atoms with Crippen molar-refractivity contribution in [1.82, 2.24) is 19.7 Å². The van der Waals surface area contributed by atoms with Crippen molar-refractivity contribution in [1.29, 1.82) is 0 Å². The van der Waals surface area contributed by atoms with Gasteiger partial charge in [-0.15, -0.1) is 0 Å². The fourth-order valence-corrected chi connectivity index (χ4v) is 5.08. The van der Waals surface area contributed by atoms with Crippen molar-refractivity contribution < 1.29 is 14.3 Å². The number of aromatic nitrogens is 1. The minimum atomic E-state index is -0.471.